The van der Waals surface area contributed by atoms with Crippen LogP contribution in [0.25, 0.3) is 0 Å². The van der Waals surface area contributed by atoms with E-state index in [1.807, 2.05) is 0 Å². The van der Waals surface area contributed by atoms with Crippen molar-refractivity contribution in [1.29, 1.82) is 0 Å². The average molecular weight is 170 g/mol. The fourth-order valence-electron chi connectivity index (χ4n) is 0.868. The standard InChI is InChI=1S/C8H10O4/c1-12-8(11)6-3-2-5(9)4-7(6)10/h2-4,8-11H,1H3. The molecular formula is C8H10O4. The summed E-state index contributed by atoms with van der Waals surface area (Å²) in [5.74, 6) is -0.246. The number of hydrogen-bond donors (Lipinski definition) is 3. The van der Waals surface area contributed by atoms with E-state index in [0.717, 1.165) is 6.07 Å². The zero-order chi connectivity index (χ0) is 9.14. The van der Waals surface area contributed by atoms with Crippen molar-refractivity contribution in [1.82, 2.24) is 0 Å². The summed E-state index contributed by atoms with van der Waals surface area (Å²) < 4.78 is 4.57. The summed E-state index contributed by atoms with van der Waals surface area (Å²) in [6.07, 6.45) is -1.16. The Balaban J connectivity index is 3.01. The van der Waals surface area contributed by atoms with Gasteiger partial charge < -0.3 is 20.1 Å². The number of phenols is 2. The Kier molecular flexibility index (Phi) is 2.52. The van der Waals surface area contributed by atoms with Gasteiger partial charge in [-0.1, -0.05) is 0 Å². The largest absolute Gasteiger partial charge is 0.508 e. The van der Waals surface area contributed by atoms with E-state index in [2.05, 4.69) is 4.74 Å². The molecule has 0 spiro atoms. The first-order valence-corrected chi connectivity index (χ1v) is 3.38. The van der Waals surface area contributed by atoms with E-state index in [1.54, 1.807) is 0 Å². The van der Waals surface area contributed by atoms with Gasteiger partial charge in [0.15, 0.2) is 6.29 Å². The molecule has 0 fully saturated rings. The maximum Gasteiger partial charge on any atom is 0.184 e. The van der Waals surface area contributed by atoms with Gasteiger partial charge in [0.1, 0.15) is 11.5 Å². The van der Waals surface area contributed by atoms with E-state index in [-0.39, 0.29) is 17.1 Å². The SMILES string of the molecule is COC(O)c1ccc(O)cc1O. The molecule has 1 atom stereocenters. The molecule has 0 radical (unpaired) electrons. The predicted octanol–water partition coefficient (Wildman–Crippen LogP) is 0.735. The number of phenolic OH excluding ortho intramolecular Hbond substituents is 2. The quantitative estimate of drug-likeness (QED) is 0.572. The number of benzene rings is 1. The summed E-state index contributed by atoms with van der Waals surface area (Å²) in [6.45, 7) is 0. The van der Waals surface area contributed by atoms with Crippen LogP contribution in [-0.4, -0.2) is 22.4 Å². The first-order valence-electron chi connectivity index (χ1n) is 3.38. The van der Waals surface area contributed by atoms with Crippen molar-refractivity contribution in [2.45, 2.75) is 6.29 Å². The van der Waals surface area contributed by atoms with Crippen LogP contribution in [0.4, 0.5) is 0 Å². The summed E-state index contributed by atoms with van der Waals surface area (Å²) in [4.78, 5) is 0. The summed E-state index contributed by atoms with van der Waals surface area (Å²) in [7, 11) is 1.32. The van der Waals surface area contributed by atoms with E-state index in [9.17, 15) is 5.11 Å². The Morgan fingerprint density at radius 3 is 2.50 bits per heavy atom. The molecule has 0 aromatic heterocycles. The van der Waals surface area contributed by atoms with Gasteiger partial charge in [-0.2, -0.15) is 0 Å². The minimum absolute atomic E-state index is 0.0560. The van der Waals surface area contributed by atoms with Crippen LogP contribution in [0.3, 0.4) is 0 Å². The van der Waals surface area contributed by atoms with Crippen LogP contribution in [0.1, 0.15) is 11.9 Å². The normalized spacial score (nSPS) is 12.8. The summed E-state index contributed by atoms with van der Waals surface area (Å²) in [5, 5.41) is 27.2. The van der Waals surface area contributed by atoms with Crippen LogP contribution in [0.15, 0.2) is 18.2 Å². The number of aromatic hydroxyl groups is 2. The second kappa shape index (κ2) is 3.42. The topological polar surface area (TPSA) is 69.9 Å². The fraction of sp³-hybridized carbons (Fsp3) is 0.250. The van der Waals surface area contributed by atoms with E-state index >= 15 is 0 Å². The molecule has 3 N–H and O–H groups in total. The number of aliphatic hydroxyl groups is 1. The molecule has 0 aliphatic rings. The van der Waals surface area contributed by atoms with Crippen LogP contribution >= 0.6 is 0 Å². The highest BCUT2D eigenvalue weighted by atomic mass is 16.6. The van der Waals surface area contributed by atoms with Gasteiger partial charge in [-0.15, -0.1) is 0 Å². The van der Waals surface area contributed by atoms with Crippen LogP contribution in [-0.2, 0) is 4.74 Å². The molecule has 12 heavy (non-hydrogen) atoms. The lowest BCUT2D eigenvalue weighted by molar-refractivity contribution is -0.0780. The number of methoxy groups -OCH3 is 1. The number of rotatable bonds is 2. The molecule has 0 saturated heterocycles. The maximum atomic E-state index is 9.19. The molecule has 0 bridgehead atoms. The van der Waals surface area contributed by atoms with Gasteiger partial charge in [-0.3, -0.25) is 0 Å². The molecule has 0 amide bonds. The van der Waals surface area contributed by atoms with Crippen molar-refractivity contribution >= 4 is 0 Å². The molecule has 1 rings (SSSR count). The number of ether oxygens (including phenoxy) is 1. The molecule has 0 heterocycles. The van der Waals surface area contributed by atoms with Gasteiger partial charge in [0, 0.05) is 18.7 Å². The lowest BCUT2D eigenvalue weighted by Gasteiger charge is -2.10. The lowest BCUT2D eigenvalue weighted by atomic mass is 10.2. The third-order valence-electron chi connectivity index (χ3n) is 1.50. The molecule has 4 heteroatoms. The smallest absolute Gasteiger partial charge is 0.184 e. The average Bonchev–Trinajstić information content (AvgIpc) is 2.03. The minimum atomic E-state index is -1.16. The molecule has 66 valence electrons. The highest BCUT2D eigenvalue weighted by molar-refractivity contribution is 5.39. The molecule has 0 saturated carbocycles. The summed E-state index contributed by atoms with van der Waals surface area (Å²) in [6, 6.07) is 3.88. The summed E-state index contributed by atoms with van der Waals surface area (Å²) >= 11 is 0. The molecular weight excluding hydrogens is 160 g/mol. The van der Waals surface area contributed by atoms with Crippen molar-refractivity contribution in [2.24, 2.45) is 0 Å². The van der Waals surface area contributed by atoms with E-state index in [0.29, 0.717) is 0 Å². The molecule has 1 aromatic rings. The fourth-order valence-corrected chi connectivity index (χ4v) is 0.868. The third kappa shape index (κ3) is 1.66. The second-order valence-electron chi connectivity index (χ2n) is 2.33. The molecule has 1 aromatic carbocycles. The van der Waals surface area contributed by atoms with Gasteiger partial charge >= 0.3 is 0 Å². The monoisotopic (exact) mass is 170 g/mol. The minimum Gasteiger partial charge on any atom is -0.508 e. The highest BCUT2D eigenvalue weighted by Crippen LogP contribution is 2.27. The van der Waals surface area contributed by atoms with Crippen LogP contribution in [0.2, 0.25) is 0 Å². The first-order chi connectivity index (χ1) is 5.65. The number of hydrogen-bond acceptors (Lipinski definition) is 4. The highest BCUT2D eigenvalue weighted by Gasteiger charge is 2.10. The van der Waals surface area contributed by atoms with E-state index in [4.69, 9.17) is 10.2 Å². The predicted molar refractivity (Wildman–Crippen MR) is 41.7 cm³/mol. The Morgan fingerprint density at radius 1 is 1.33 bits per heavy atom. The van der Waals surface area contributed by atoms with Crippen molar-refractivity contribution in [2.75, 3.05) is 7.11 Å². The molecule has 1 unspecified atom stereocenters. The Morgan fingerprint density at radius 2 is 2.00 bits per heavy atom. The van der Waals surface area contributed by atoms with Crippen LogP contribution < -0.4 is 0 Å². The summed E-state index contributed by atoms with van der Waals surface area (Å²) in [5.41, 5.74) is 0.232. The van der Waals surface area contributed by atoms with E-state index in [1.165, 1.54) is 19.2 Å². The lowest BCUT2D eigenvalue weighted by Crippen LogP contribution is -1.99. The third-order valence-corrected chi connectivity index (χ3v) is 1.50. The zero-order valence-corrected chi connectivity index (χ0v) is 6.56. The van der Waals surface area contributed by atoms with Gasteiger partial charge in [-0.05, 0) is 12.1 Å². The molecule has 4 nitrogen and oxygen atoms in total. The van der Waals surface area contributed by atoms with Crippen molar-refractivity contribution in [3.63, 3.8) is 0 Å². The van der Waals surface area contributed by atoms with Crippen molar-refractivity contribution in [3.05, 3.63) is 23.8 Å². The van der Waals surface area contributed by atoms with Crippen LogP contribution in [0.5, 0.6) is 11.5 Å². The first kappa shape index (κ1) is 8.83. The zero-order valence-electron chi connectivity index (χ0n) is 6.56. The Bertz CT molecular complexity index is 272. The van der Waals surface area contributed by atoms with Crippen molar-refractivity contribution < 1.29 is 20.1 Å². The Labute approximate surface area is 69.7 Å². The van der Waals surface area contributed by atoms with Crippen LogP contribution in [0, 0.1) is 0 Å². The second-order valence-corrected chi connectivity index (χ2v) is 2.33. The molecule has 0 aliphatic carbocycles. The van der Waals surface area contributed by atoms with Crippen molar-refractivity contribution in [3.8, 4) is 11.5 Å². The van der Waals surface area contributed by atoms with E-state index < -0.39 is 6.29 Å². The van der Waals surface area contributed by atoms with Gasteiger partial charge in [-0.25, -0.2) is 0 Å². The van der Waals surface area contributed by atoms with Gasteiger partial charge in [0.2, 0.25) is 0 Å². The van der Waals surface area contributed by atoms with Gasteiger partial charge in [0.05, 0.1) is 0 Å². The Hall–Kier alpha value is -1.26. The maximum absolute atomic E-state index is 9.19. The molecule has 0 aliphatic heterocycles. The number of aliphatic hydroxyl groups excluding tert-OH is 1. The van der Waals surface area contributed by atoms with Gasteiger partial charge in [0.25, 0.3) is 0 Å².